The van der Waals surface area contributed by atoms with Crippen molar-refractivity contribution in [1.82, 2.24) is 15.2 Å². The molecular formula is C29H35ClFeN4. The first-order chi connectivity index (χ1) is 16.8. The fourth-order valence-corrected chi connectivity index (χ4v) is 4.61. The van der Waals surface area contributed by atoms with Gasteiger partial charge in [0.25, 0.3) is 0 Å². The summed E-state index contributed by atoms with van der Waals surface area (Å²) in [5.74, 6) is 0. The van der Waals surface area contributed by atoms with Gasteiger partial charge in [0, 0.05) is 34.9 Å². The third kappa shape index (κ3) is 9.10. The number of anilines is 1. The zero-order chi connectivity index (χ0) is 23.4. The maximum atomic E-state index is 6.07. The number of nitrogens with zero attached hydrogens (tertiary/aromatic N) is 2. The van der Waals surface area contributed by atoms with Crippen LogP contribution in [0.5, 0.6) is 0 Å². The maximum absolute atomic E-state index is 6.07. The van der Waals surface area contributed by atoms with E-state index in [1.807, 2.05) is 60.8 Å². The summed E-state index contributed by atoms with van der Waals surface area (Å²) in [6.07, 6.45) is 6.69. The quantitative estimate of drug-likeness (QED) is 0.148. The van der Waals surface area contributed by atoms with Crippen LogP contribution in [0.15, 0.2) is 85.1 Å². The van der Waals surface area contributed by atoms with Gasteiger partial charge in [0.05, 0.1) is 5.52 Å². The molecule has 0 amide bonds. The van der Waals surface area contributed by atoms with E-state index in [4.69, 9.17) is 11.6 Å². The van der Waals surface area contributed by atoms with Crippen LogP contribution in [0, 0.1) is 0 Å². The number of pyridine rings is 1. The van der Waals surface area contributed by atoms with Gasteiger partial charge in [-0.1, -0.05) is 11.6 Å². The number of unbranched alkanes of at least 4 members (excludes halogenated alkanes) is 1. The Kier molecular flexibility index (Phi) is 11.8. The molecule has 4 nitrogen and oxygen atoms in total. The molecule has 35 heavy (non-hydrogen) atoms. The van der Waals surface area contributed by atoms with Crippen LogP contribution >= 0.6 is 11.6 Å². The Morgan fingerprint density at radius 1 is 0.971 bits per heavy atom. The molecule has 4 aromatic rings. The number of nitrogens with one attached hydrogen (secondary N) is 2. The van der Waals surface area contributed by atoms with Gasteiger partial charge in [0.2, 0.25) is 0 Å². The minimum atomic E-state index is 0. The monoisotopic (exact) mass is 530 g/mol. The first kappa shape index (κ1) is 27.4. The van der Waals surface area contributed by atoms with Gasteiger partial charge in [-0.15, -0.1) is 0 Å². The van der Waals surface area contributed by atoms with Gasteiger partial charge in [-0.2, -0.15) is 42.0 Å². The van der Waals surface area contributed by atoms with E-state index < -0.39 is 0 Å². The fourth-order valence-electron chi connectivity index (χ4n) is 4.45. The molecule has 1 fully saturated rings. The van der Waals surface area contributed by atoms with Gasteiger partial charge in [0.15, 0.2) is 0 Å². The number of likely N-dealkylation sites (tertiary alicyclic amines) is 1. The van der Waals surface area contributed by atoms with Crippen molar-refractivity contribution in [2.45, 2.75) is 38.3 Å². The van der Waals surface area contributed by atoms with Crippen molar-refractivity contribution in [3.63, 3.8) is 0 Å². The number of aromatic nitrogens is 1. The van der Waals surface area contributed by atoms with Crippen LogP contribution in [0.1, 0.15) is 31.2 Å². The van der Waals surface area contributed by atoms with Gasteiger partial charge >= 0.3 is 17.1 Å². The van der Waals surface area contributed by atoms with Crippen LogP contribution in [0.2, 0.25) is 5.02 Å². The Morgan fingerprint density at radius 3 is 2.49 bits per heavy atom. The number of hydrogen-bond acceptors (Lipinski definition) is 4. The van der Waals surface area contributed by atoms with E-state index in [1.54, 1.807) is 0 Å². The molecule has 0 aliphatic carbocycles. The van der Waals surface area contributed by atoms with Gasteiger partial charge in [0.1, 0.15) is 0 Å². The number of rotatable bonds is 9. The summed E-state index contributed by atoms with van der Waals surface area (Å²) in [5, 5.41) is 9.17. The second-order valence-electron chi connectivity index (χ2n) is 8.91. The standard InChI is InChI=1S/C24H30ClN4.C5H5.Fe/c25-20-7-8-22-23(9-14-28-24(22)17-20)27-13-4-3-12-26-21-10-15-29(16-11-21)18-19-5-1-2-6-19;1-2-4-5-3-1;/h1-2,5-9,14,17,21,26H,3-4,10-13,15-16,18H2,(H,27,28);1-5H;/q2*-1;+2. The molecule has 0 atom stereocenters. The smallest absolute Gasteiger partial charge is 0.384 e. The van der Waals surface area contributed by atoms with Crippen LogP contribution in [0.4, 0.5) is 5.69 Å². The molecular weight excluding hydrogens is 496 g/mol. The number of fused-ring (bicyclic) bond motifs is 1. The molecule has 2 heterocycles. The Morgan fingerprint density at radius 2 is 1.77 bits per heavy atom. The maximum Gasteiger partial charge on any atom is 2.00 e. The van der Waals surface area contributed by atoms with Crippen molar-refractivity contribution < 1.29 is 17.1 Å². The van der Waals surface area contributed by atoms with Crippen molar-refractivity contribution >= 4 is 28.2 Å². The molecule has 0 saturated carbocycles. The summed E-state index contributed by atoms with van der Waals surface area (Å²) >= 11 is 6.07. The fraction of sp³-hybridized carbons (Fsp3) is 0.345. The Balaban J connectivity index is 0.000000509. The summed E-state index contributed by atoms with van der Waals surface area (Å²) in [7, 11) is 0. The van der Waals surface area contributed by atoms with Crippen molar-refractivity contribution in [3.8, 4) is 0 Å². The van der Waals surface area contributed by atoms with Gasteiger partial charge in [-0.25, -0.2) is 18.2 Å². The van der Waals surface area contributed by atoms with E-state index in [2.05, 4.69) is 44.8 Å². The summed E-state index contributed by atoms with van der Waals surface area (Å²) in [5.41, 5.74) is 3.51. The molecule has 1 saturated heterocycles. The minimum Gasteiger partial charge on any atom is -0.384 e. The topological polar surface area (TPSA) is 40.2 Å². The van der Waals surface area contributed by atoms with E-state index >= 15 is 0 Å². The summed E-state index contributed by atoms with van der Waals surface area (Å²) in [6.45, 7) is 5.57. The average Bonchev–Trinajstić information content (AvgIpc) is 3.59. The van der Waals surface area contributed by atoms with Crippen LogP contribution < -0.4 is 10.6 Å². The third-order valence-electron chi connectivity index (χ3n) is 6.34. The predicted molar refractivity (Wildman–Crippen MR) is 145 cm³/mol. The molecule has 0 bridgehead atoms. The van der Waals surface area contributed by atoms with E-state index in [1.165, 1.54) is 37.9 Å². The molecule has 3 aromatic carbocycles. The number of piperidine rings is 1. The normalized spacial score (nSPS) is 14.2. The number of hydrogen-bond donors (Lipinski definition) is 2. The minimum absolute atomic E-state index is 0. The van der Waals surface area contributed by atoms with Gasteiger partial charge < -0.3 is 15.5 Å². The Bertz CT molecular complexity index is 1060. The van der Waals surface area contributed by atoms with Crippen molar-refractivity contribution in [2.75, 3.05) is 31.5 Å². The van der Waals surface area contributed by atoms with Crippen molar-refractivity contribution in [1.29, 1.82) is 0 Å². The number of halogens is 1. The SMILES string of the molecule is Clc1ccc2c(NCCCCNC3CCN(Cc4cc[cH-]c4)CC3)ccnc2c1.[Fe+2].c1cc[cH-]c1. The van der Waals surface area contributed by atoms with Crippen LogP contribution in [0.3, 0.4) is 0 Å². The molecule has 5 rings (SSSR count). The van der Waals surface area contributed by atoms with E-state index in [0.717, 1.165) is 47.7 Å². The predicted octanol–water partition coefficient (Wildman–Crippen LogP) is 6.46. The van der Waals surface area contributed by atoms with E-state index in [0.29, 0.717) is 6.04 Å². The summed E-state index contributed by atoms with van der Waals surface area (Å²) < 4.78 is 0. The first-order valence-electron chi connectivity index (χ1n) is 12.4. The zero-order valence-electron chi connectivity index (χ0n) is 20.2. The third-order valence-corrected chi connectivity index (χ3v) is 6.57. The Hall–Kier alpha value is -2.14. The van der Waals surface area contributed by atoms with Crippen LogP contribution in [-0.4, -0.2) is 42.1 Å². The zero-order valence-corrected chi connectivity index (χ0v) is 22.0. The summed E-state index contributed by atoms with van der Waals surface area (Å²) in [6, 6.07) is 27.3. The van der Waals surface area contributed by atoms with Gasteiger partial charge in [-0.05, 0) is 76.1 Å². The molecule has 0 spiro atoms. The molecule has 0 radical (unpaired) electrons. The number of benzene rings is 1. The second-order valence-corrected chi connectivity index (χ2v) is 9.35. The van der Waals surface area contributed by atoms with Gasteiger partial charge in [-0.3, -0.25) is 4.98 Å². The van der Waals surface area contributed by atoms with Crippen molar-refractivity contribution in [2.24, 2.45) is 0 Å². The van der Waals surface area contributed by atoms with Crippen LogP contribution in [0.25, 0.3) is 10.9 Å². The largest absolute Gasteiger partial charge is 2.00 e. The first-order valence-corrected chi connectivity index (χ1v) is 12.8. The Labute approximate surface area is 225 Å². The summed E-state index contributed by atoms with van der Waals surface area (Å²) in [4.78, 5) is 6.97. The molecule has 1 aliphatic rings. The molecule has 1 aliphatic heterocycles. The molecule has 1 aromatic heterocycles. The average molecular weight is 531 g/mol. The molecule has 0 unspecified atom stereocenters. The molecule has 6 heteroatoms. The molecule has 186 valence electrons. The van der Waals surface area contributed by atoms with E-state index in [9.17, 15) is 0 Å². The van der Waals surface area contributed by atoms with Crippen LogP contribution in [-0.2, 0) is 23.6 Å². The molecule has 2 N–H and O–H groups in total. The van der Waals surface area contributed by atoms with Crippen molar-refractivity contribution in [3.05, 3.63) is 95.6 Å². The second kappa shape index (κ2) is 15.1. The van der Waals surface area contributed by atoms with E-state index in [-0.39, 0.29) is 17.1 Å².